The summed E-state index contributed by atoms with van der Waals surface area (Å²) in [6.45, 7) is 7.96. The summed E-state index contributed by atoms with van der Waals surface area (Å²) in [6.07, 6.45) is 4.33. The van der Waals surface area contributed by atoms with Gasteiger partial charge in [0.05, 0.1) is 10.2 Å². The second kappa shape index (κ2) is 5.76. The Labute approximate surface area is 143 Å². The van der Waals surface area contributed by atoms with Crippen molar-refractivity contribution in [1.29, 1.82) is 0 Å². The summed E-state index contributed by atoms with van der Waals surface area (Å²) in [6, 6.07) is 2.69. The molecular weight excluding hydrogens is 324 g/mol. The molecule has 3 aromatic heterocycles. The van der Waals surface area contributed by atoms with E-state index in [0.29, 0.717) is 6.04 Å². The van der Waals surface area contributed by atoms with Gasteiger partial charge in [0.2, 0.25) is 0 Å². The number of thioether (sulfide) groups is 1. The molecule has 6 heteroatoms. The van der Waals surface area contributed by atoms with Crippen molar-refractivity contribution >= 4 is 49.3 Å². The van der Waals surface area contributed by atoms with Crippen molar-refractivity contribution in [2.75, 3.05) is 11.1 Å². The number of fused-ring (bicyclic) bond motifs is 3. The van der Waals surface area contributed by atoms with Crippen LogP contribution in [0.15, 0.2) is 23.9 Å². The highest BCUT2D eigenvalue weighted by atomic mass is 32.2. The molecule has 1 aliphatic rings. The van der Waals surface area contributed by atoms with Crippen LogP contribution < -0.4 is 5.32 Å². The predicted octanol–water partition coefficient (Wildman–Crippen LogP) is 4.71. The lowest BCUT2D eigenvalue weighted by atomic mass is 10.1. The van der Waals surface area contributed by atoms with Crippen molar-refractivity contribution in [3.63, 3.8) is 0 Å². The van der Waals surface area contributed by atoms with Crippen LogP contribution >= 0.6 is 23.1 Å². The van der Waals surface area contributed by atoms with Gasteiger partial charge in [-0.1, -0.05) is 17.8 Å². The number of hydrogen-bond acceptors (Lipinski definition) is 6. The Kier molecular flexibility index (Phi) is 3.73. The quantitative estimate of drug-likeness (QED) is 0.413. The van der Waals surface area contributed by atoms with Gasteiger partial charge in [0.15, 0.2) is 5.16 Å². The first-order valence-electron chi connectivity index (χ1n) is 7.74. The van der Waals surface area contributed by atoms with Gasteiger partial charge in [0, 0.05) is 22.9 Å². The van der Waals surface area contributed by atoms with Crippen molar-refractivity contribution < 1.29 is 0 Å². The maximum atomic E-state index is 4.81. The zero-order valence-electron chi connectivity index (χ0n) is 13.2. The van der Waals surface area contributed by atoms with Crippen LogP contribution in [0.2, 0.25) is 0 Å². The lowest BCUT2D eigenvalue weighted by molar-refractivity contribution is 0.991. The van der Waals surface area contributed by atoms with Gasteiger partial charge in [-0.05, 0) is 38.3 Å². The molecular formula is C17H18N4S2. The van der Waals surface area contributed by atoms with Crippen LogP contribution in [-0.2, 0) is 0 Å². The molecule has 0 radical (unpaired) electrons. The third kappa shape index (κ3) is 2.81. The molecule has 3 aromatic rings. The summed E-state index contributed by atoms with van der Waals surface area (Å²) in [7, 11) is 0. The molecule has 23 heavy (non-hydrogen) atoms. The van der Waals surface area contributed by atoms with Crippen LogP contribution in [-0.4, -0.2) is 26.7 Å². The average molecular weight is 342 g/mol. The Bertz CT molecular complexity index is 912. The van der Waals surface area contributed by atoms with E-state index in [4.69, 9.17) is 15.0 Å². The average Bonchev–Trinajstić information content (AvgIpc) is 3.23. The van der Waals surface area contributed by atoms with Gasteiger partial charge in [-0.15, -0.1) is 17.9 Å². The van der Waals surface area contributed by atoms with Gasteiger partial charge in [-0.3, -0.25) is 0 Å². The number of anilines is 1. The lowest BCUT2D eigenvalue weighted by Gasteiger charge is -2.07. The Hall–Kier alpha value is -1.66. The Morgan fingerprint density at radius 2 is 2.17 bits per heavy atom. The molecule has 0 aliphatic heterocycles. The van der Waals surface area contributed by atoms with Crippen molar-refractivity contribution in [1.82, 2.24) is 15.0 Å². The Balaban J connectivity index is 1.96. The molecule has 0 unspecified atom stereocenters. The highest BCUT2D eigenvalue weighted by Gasteiger charge is 2.24. The summed E-state index contributed by atoms with van der Waals surface area (Å²) in [5.41, 5.74) is 3.31. The first kappa shape index (κ1) is 14.9. The normalized spacial score (nSPS) is 14.5. The number of aromatic nitrogens is 3. The first-order chi connectivity index (χ1) is 11.2. The van der Waals surface area contributed by atoms with Crippen LogP contribution in [0.4, 0.5) is 5.82 Å². The van der Waals surface area contributed by atoms with Gasteiger partial charge in [0.25, 0.3) is 0 Å². The maximum Gasteiger partial charge on any atom is 0.190 e. The number of pyridine rings is 1. The molecule has 0 aromatic carbocycles. The third-order valence-electron chi connectivity index (χ3n) is 3.84. The zero-order valence-corrected chi connectivity index (χ0v) is 14.9. The molecule has 1 fully saturated rings. The molecule has 0 spiro atoms. The van der Waals surface area contributed by atoms with E-state index in [-0.39, 0.29) is 0 Å². The molecule has 0 saturated heterocycles. The Morgan fingerprint density at radius 3 is 2.91 bits per heavy atom. The zero-order chi connectivity index (χ0) is 16.0. The molecule has 0 atom stereocenters. The molecule has 1 N–H and O–H groups in total. The number of nitrogens with one attached hydrogen (secondary N) is 1. The van der Waals surface area contributed by atoms with Crippen molar-refractivity contribution in [2.24, 2.45) is 0 Å². The number of rotatable bonds is 5. The monoisotopic (exact) mass is 342 g/mol. The molecule has 0 bridgehead atoms. The maximum absolute atomic E-state index is 4.81. The van der Waals surface area contributed by atoms with Crippen molar-refractivity contribution in [3.8, 4) is 0 Å². The van der Waals surface area contributed by atoms with Crippen molar-refractivity contribution in [3.05, 3.63) is 30.0 Å². The molecule has 1 saturated carbocycles. The van der Waals surface area contributed by atoms with E-state index in [2.05, 4.69) is 24.9 Å². The van der Waals surface area contributed by atoms with Gasteiger partial charge < -0.3 is 5.32 Å². The third-order valence-corrected chi connectivity index (χ3v) is 5.76. The van der Waals surface area contributed by atoms with Gasteiger partial charge in [0.1, 0.15) is 10.6 Å². The fraction of sp³-hybridized carbons (Fsp3) is 0.353. The van der Waals surface area contributed by atoms with Gasteiger partial charge in [-0.2, -0.15) is 0 Å². The van der Waals surface area contributed by atoms with Crippen LogP contribution in [0.5, 0.6) is 0 Å². The number of hydrogen-bond donors (Lipinski definition) is 1. The minimum atomic E-state index is 0.561. The van der Waals surface area contributed by atoms with E-state index in [1.54, 1.807) is 23.1 Å². The summed E-state index contributed by atoms with van der Waals surface area (Å²) >= 11 is 3.31. The molecule has 1 aliphatic carbocycles. The second-order valence-corrected chi connectivity index (χ2v) is 7.90. The van der Waals surface area contributed by atoms with Crippen LogP contribution in [0.3, 0.4) is 0 Å². The first-order valence-corrected chi connectivity index (χ1v) is 9.54. The minimum absolute atomic E-state index is 0.561. The summed E-state index contributed by atoms with van der Waals surface area (Å²) < 4.78 is 1.12. The largest absolute Gasteiger partial charge is 0.366 e. The second-order valence-electron chi connectivity index (χ2n) is 5.91. The fourth-order valence-electron chi connectivity index (χ4n) is 2.67. The van der Waals surface area contributed by atoms with E-state index < -0.39 is 0 Å². The van der Waals surface area contributed by atoms with E-state index in [9.17, 15) is 0 Å². The van der Waals surface area contributed by atoms with Crippen LogP contribution in [0.1, 0.15) is 24.1 Å². The topological polar surface area (TPSA) is 50.7 Å². The smallest absolute Gasteiger partial charge is 0.190 e. The molecule has 0 amide bonds. The van der Waals surface area contributed by atoms with Crippen LogP contribution in [0, 0.1) is 13.8 Å². The van der Waals surface area contributed by atoms with Gasteiger partial charge in [-0.25, -0.2) is 15.0 Å². The molecule has 118 valence electrons. The number of aryl methyl sites for hydroxylation is 2. The van der Waals surface area contributed by atoms with E-state index in [0.717, 1.165) is 42.9 Å². The van der Waals surface area contributed by atoms with Gasteiger partial charge >= 0.3 is 0 Å². The number of thiophene rings is 1. The van der Waals surface area contributed by atoms with Crippen molar-refractivity contribution in [2.45, 2.75) is 37.9 Å². The van der Waals surface area contributed by atoms with E-state index >= 15 is 0 Å². The van der Waals surface area contributed by atoms with Crippen LogP contribution in [0.25, 0.3) is 20.4 Å². The molecule has 4 nitrogen and oxygen atoms in total. The molecule has 3 heterocycles. The SMILES string of the molecule is C=CCSc1nc(NC2CC2)c2sc3nc(C)cc(C)c3c2n1. The van der Waals surface area contributed by atoms with E-state index in [1.807, 2.05) is 13.0 Å². The fourth-order valence-corrected chi connectivity index (χ4v) is 4.44. The standard InChI is InChI=1S/C17H18N4S2/c1-4-7-22-17-20-13-12-9(2)8-10(3)18-16(12)23-14(13)15(21-17)19-11-5-6-11/h4,8,11H,1,5-7H2,2-3H3,(H,19,20,21). The lowest BCUT2D eigenvalue weighted by Crippen LogP contribution is -2.04. The number of nitrogens with zero attached hydrogens (tertiary/aromatic N) is 3. The predicted molar refractivity (Wildman–Crippen MR) is 99.8 cm³/mol. The highest BCUT2D eigenvalue weighted by molar-refractivity contribution is 7.99. The highest BCUT2D eigenvalue weighted by Crippen LogP contribution is 2.39. The summed E-state index contributed by atoms with van der Waals surface area (Å²) in [5, 5.41) is 5.53. The summed E-state index contributed by atoms with van der Waals surface area (Å²) in [4.78, 5) is 15.3. The molecule has 4 rings (SSSR count). The summed E-state index contributed by atoms with van der Waals surface area (Å²) in [5.74, 6) is 1.77. The van der Waals surface area contributed by atoms with E-state index in [1.165, 1.54) is 18.4 Å². The Morgan fingerprint density at radius 1 is 1.35 bits per heavy atom. The minimum Gasteiger partial charge on any atom is -0.366 e.